The molecule has 0 fully saturated rings. The monoisotopic (exact) mass is 215 g/mol. The lowest BCUT2D eigenvalue weighted by Gasteiger charge is -2.06. The van der Waals surface area contributed by atoms with Gasteiger partial charge < -0.3 is 5.32 Å². The van der Waals surface area contributed by atoms with E-state index in [0.717, 1.165) is 12.1 Å². The lowest BCUT2D eigenvalue weighted by atomic mass is 10.1. The highest BCUT2D eigenvalue weighted by Gasteiger charge is 2.15. The Morgan fingerprint density at radius 1 is 1.43 bits per heavy atom. The van der Waals surface area contributed by atoms with E-state index in [0.29, 0.717) is 6.41 Å². The number of alkyl halides is 1. The Kier molecular flexibility index (Phi) is 3.59. The third-order valence-electron chi connectivity index (χ3n) is 1.57. The first-order valence-electron chi connectivity index (χ1n) is 3.78. The van der Waals surface area contributed by atoms with Crippen LogP contribution in [0.4, 0.5) is 4.39 Å². The third-order valence-corrected chi connectivity index (χ3v) is 1.90. The minimum absolute atomic E-state index is 0.251. The number of rotatable bonds is 4. The first-order chi connectivity index (χ1) is 6.65. The summed E-state index contributed by atoms with van der Waals surface area (Å²) < 4.78 is 12.5. The van der Waals surface area contributed by atoms with Crippen LogP contribution in [-0.4, -0.2) is 17.7 Å². The fraction of sp³-hybridized carbons (Fsp3) is 0.111. The van der Waals surface area contributed by atoms with Crippen LogP contribution in [0, 0.1) is 5.82 Å². The van der Waals surface area contributed by atoms with Crippen LogP contribution in [0.25, 0.3) is 0 Å². The summed E-state index contributed by atoms with van der Waals surface area (Å²) in [5.74, 6) is -0.908. The van der Waals surface area contributed by atoms with Gasteiger partial charge in [0.1, 0.15) is 5.82 Å². The Morgan fingerprint density at radius 2 is 2.00 bits per heavy atom. The van der Waals surface area contributed by atoms with E-state index in [4.69, 9.17) is 11.6 Å². The molecule has 0 spiro atoms. The fourth-order valence-corrected chi connectivity index (χ4v) is 1.07. The predicted molar refractivity (Wildman–Crippen MR) is 49.6 cm³/mol. The van der Waals surface area contributed by atoms with Gasteiger partial charge in [0.2, 0.25) is 6.41 Å². The normalized spacial score (nSPS) is 11.9. The van der Waals surface area contributed by atoms with Crippen LogP contribution < -0.4 is 5.32 Å². The number of carbonyl (C=O) groups excluding carboxylic acids is 2. The first-order valence-corrected chi connectivity index (χ1v) is 4.22. The van der Waals surface area contributed by atoms with E-state index in [9.17, 15) is 14.0 Å². The third kappa shape index (κ3) is 2.53. The van der Waals surface area contributed by atoms with Crippen LogP contribution in [0.3, 0.4) is 0 Å². The lowest BCUT2D eigenvalue weighted by Crippen LogP contribution is -2.30. The zero-order valence-corrected chi connectivity index (χ0v) is 7.79. The van der Waals surface area contributed by atoms with Gasteiger partial charge in [-0.05, 0) is 24.3 Å². The standard InChI is InChI=1S/C9H7ClFNO2/c10-9(12-5-13)8(14)6-1-3-7(11)4-2-6/h1-5,9H,(H,12,13). The number of hydrogen-bond donors (Lipinski definition) is 1. The minimum Gasteiger partial charge on any atom is -0.336 e. The maximum absolute atomic E-state index is 12.5. The van der Waals surface area contributed by atoms with Gasteiger partial charge in [-0.1, -0.05) is 11.6 Å². The molecule has 0 bridgehead atoms. The van der Waals surface area contributed by atoms with Gasteiger partial charge in [-0.15, -0.1) is 0 Å². The quantitative estimate of drug-likeness (QED) is 0.356. The summed E-state index contributed by atoms with van der Waals surface area (Å²) in [6.45, 7) is 0. The number of halogens is 2. The van der Waals surface area contributed by atoms with Crippen LogP contribution in [0.1, 0.15) is 10.4 Å². The molecule has 1 unspecified atom stereocenters. The molecule has 1 aromatic carbocycles. The van der Waals surface area contributed by atoms with Crippen molar-refractivity contribution in [1.82, 2.24) is 5.32 Å². The van der Waals surface area contributed by atoms with Gasteiger partial charge >= 0.3 is 0 Å². The Labute approximate surface area is 84.9 Å². The fourth-order valence-electron chi connectivity index (χ4n) is 0.896. The summed E-state index contributed by atoms with van der Waals surface area (Å²) in [5.41, 5.74) is -0.862. The molecule has 0 aliphatic heterocycles. The largest absolute Gasteiger partial charge is 0.336 e. The molecule has 0 saturated carbocycles. The van der Waals surface area contributed by atoms with Gasteiger partial charge in [-0.25, -0.2) is 4.39 Å². The minimum atomic E-state index is -1.11. The lowest BCUT2D eigenvalue weighted by molar-refractivity contribution is -0.109. The molecule has 1 rings (SSSR count). The molecular formula is C9H7ClFNO2. The summed E-state index contributed by atoms with van der Waals surface area (Å²) in [6.07, 6.45) is 0.332. The molecule has 14 heavy (non-hydrogen) atoms. The van der Waals surface area contributed by atoms with Crippen molar-refractivity contribution >= 4 is 23.8 Å². The van der Waals surface area contributed by atoms with Crippen molar-refractivity contribution in [2.75, 3.05) is 0 Å². The summed E-state index contributed by atoms with van der Waals surface area (Å²) in [5, 5.41) is 2.10. The molecule has 0 aliphatic carbocycles. The molecule has 0 radical (unpaired) electrons. The van der Waals surface area contributed by atoms with Crippen LogP contribution in [0.15, 0.2) is 24.3 Å². The van der Waals surface area contributed by atoms with E-state index in [2.05, 4.69) is 5.32 Å². The summed E-state index contributed by atoms with van der Waals surface area (Å²) in [6, 6.07) is 4.91. The summed E-state index contributed by atoms with van der Waals surface area (Å²) in [7, 11) is 0. The molecule has 0 aromatic heterocycles. The van der Waals surface area contributed by atoms with Crippen LogP contribution >= 0.6 is 11.6 Å². The zero-order chi connectivity index (χ0) is 10.6. The second kappa shape index (κ2) is 4.72. The Balaban J connectivity index is 2.78. The smallest absolute Gasteiger partial charge is 0.208 e. The molecule has 0 aliphatic rings. The van der Waals surface area contributed by atoms with E-state index in [1.54, 1.807) is 0 Å². The Bertz CT molecular complexity index is 339. The molecule has 0 heterocycles. The number of ketones is 1. The highest BCUT2D eigenvalue weighted by molar-refractivity contribution is 6.34. The molecule has 1 N–H and O–H groups in total. The molecule has 74 valence electrons. The average molecular weight is 216 g/mol. The molecule has 1 atom stereocenters. The van der Waals surface area contributed by atoms with E-state index in [1.807, 2.05) is 0 Å². The van der Waals surface area contributed by atoms with Crippen LogP contribution in [0.2, 0.25) is 0 Å². The van der Waals surface area contributed by atoms with E-state index < -0.39 is 17.1 Å². The van der Waals surface area contributed by atoms with Crippen LogP contribution in [-0.2, 0) is 4.79 Å². The number of nitrogens with one attached hydrogen (secondary N) is 1. The SMILES string of the molecule is O=CNC(Cl)C(=O)c1ccc(F)cc1. The Morgan fingerprint density at radius 3 is 2.50 bits per heavy atom. The molecule has 3 nitrogen and oxygen atoms in total. The number of hydrogen-bond acceptors (Lipinski definition) is 2. The molecule has 0 saturated heterocycles. The van der Waals surface area contributed by atoms with Crippen molar-refractivity contribution < 1.29 is 14.0 Å². The Hall–Kier alpha value is -1.42. The number of benzene rings is 1. The topological polar surface area (TPSA) is 46.2 Å². The summed E-state index contributed by atoms with van der Waals surface area (Å²) in [4.78, 5) is 21.4. The van der Waals surface area contributed by atoms with E-state index in [1.165, 1.54) is 12.1 Å². The molecular weight excluding hydrogens is 209 g/mol. The van der Waals surface area contributed by atoms with Crippen molar-refractivity contribution in [3.8, 4) is 0 Å². The van der Waals surface area contributed by atoms with Crippen LogP contribution in [0.5, 0.6) is 0 Å². The second-order valence-corrected chi connectivity index (χ2v) is 2.95. The van der Waals surface area contributed by atoms with Gasteiger partial charge in [-0.2, -0.15) is 0 Å². The first kappa shape index (κ1) is 10.7. The molecule has 1 amide bonds. The van der Waals surface area contributed by atoms with Gasteiger partial charge in [0.15, 0.2) is 11.3 Å². The molecule has 1 aromatic rings. The zero-order valence-electron chi connectivity index (χ0n) is 7.04. The second-order valence-electron chi connectivity index (χ2n) is 2.52. The highest BCUT2D eigenvalue weighted by atomic mass is 35.5. The maximum Gasteiger partial charge on any atom is 0.208 e. The van der Waals surface area contributed by atoms with Gasteiger partial charge in [-0.3, -0.25) is 9.59 Å². The summed E-state index contributed by atoms with van der Waals surface area (Å²) >= 11 is 5.52. The van der Waals surface area contributed by atoms with Crippen molar-refractivity contribution in [3.63, 3.8) is 0 Å². The molecule has 5 heteroatoms. The van der Waals surface area contributed by atoms with Gasteiger partial charge in [0, 0.05) is 5.56 Å². The van der Waals surface area contributed by atoms with Crippen molar-refractivity contribution in [2.45, 2.75) is 5.50 Å². The number of Topliss-reactive ketones (excluding diaryl/α,β-unsaturated/α-hetero) is 1. The van der Waals surface area contributed by atoms with Gasteiger partial charge in [0.05, 0.1) is 0 Å². The van der Waals surface area contributed by atoms with E-state index >= 15 is 0 Å². The number of carbonyl (C=O) groups is 2. The predicted octanol–water partition coefficient (Wildman–Crippen LogP) is 1.32. The van der Waals surface area contributed by atoms with E-state index in [-0.39, 0.29) is 5.56 Å². The number of amides is 1. The van der Waals surface area contributed by atoms with Crippen molar-refractivity contribution in [1.29, 1.82) is 0 Å². The van der Waals surface area contributed by atoms with Crippen molar-refractivity contribution in [3.05, 3.63) is 35.6 Å². The average Bonchev–Trinajstić information content (AvgIpc) is 2.18. The van der Waals surface area contributed by atoms with Crippen molar-refractivity contribution in [2.24, 2.45) is 0 Å². The van der Waals surface area contributed by atoms with Gasteiger partial charge in [0.25, 0.3) is 0 Å². The highest BCUT2D eigenvalue weighted by Crippen LogP contribution is 2.07. The maximum atomic E-state index is 12.5.